The molecule has 3 aromatic heterocycles. The van der Waals surface area contributed by atoms with Gasteiger partial charge >= 0.3 is 5.69 Å². The van der Waals surface area contributed by atoms with Crippen LogP contribution < -0.4 is 11.2 Å². The van der Waals surface area contributed by atoms with E-state index in [4.69, 9.17) is 21.3 Å². The molecule has 0 saturated carbocycles. The summed E-state index contributed by atoms with van der Waals surface area (Å²) in [6.07, 6.45) is 0. The molecule has 5 rings (SSSR count). The maximum absolute atomic E-state index is 13.5. The van der Waals surface area contributed by atoms with Gasteiger partial charge in [0.15, 0.2) is 11.2 Å². The van der Waals surface area contributed by atoms with Gasteiger partial charge in [0.25, 0.3) is 5.56 Å². The first-order valence-electron chi connectivity index (χ1n) is 10.6. The largest absolute Gasteiger partial charge is 0.379 e. The lowest BCUT2D eigenvalue weighted by molar-refractivity contribution is 0.0361. The smallest absolute Gasteiger partial charge is 0.332 e. The van der Waals surface area contributed by atoms with Crippen molar-refractivity contribution >= 4 is 28.5 Å². The number of morpholine rings is 1. The SMILES string of the molecule is Cc1c(C)n2c3c(=O)n(CCN4CCOCC4)c(=O)n(C)c3nc2n1-c1cccc(Cl)c1. The van der Waals surface area contributed by atoms with Gasteiger partial charge in [-0.1, -0.05) is 17.7 Å². The lowest BCUT2D eigenvalue weighted by Crippen LogP contribution is -2.44. The molecule has 168 valence electrons. The van der Waals surface area contributed by atoms with E-state index in [1.54, 1.807) is 7.05 Å². The summed E-state index contributed by atoms with van der Waals surface area (Å²) in [5.41, 5.74) is 2.78. The van der Waals surface area contributed by atoms with Crippen molar-refractivity contribution in [3.63, 3.8) is 0 Å². The van der Waals surface area contributed by atoms with Crippen LogP contribution in [-0.4, -0.2) is 60.8 Å². The quantitative estimate of drug-likeness (QED) is 0.467. The molecule has 4 aromatic rings. The van der Waals surface area contributed by atoms with Crippen molar-refractivity contribution in [1.82, 2.24) is 28.0 Å². The number of aromatic nitrogens is 5. The highest BCUT2D eigenvalue weighted by molar-refractivity contribution is 6.30. The van der Waals surface area contributed by atoms with E-state index in [-0.39, 0.29) is 11.2 Å². The minimum atomic E-state index is -0.361. The van der Waals surface area contributed by atoms with E-state index in [9.17, 15) is 9.59 Å². The summed E-state index contributed by atoms with van der Waals surface area (Å²) < 4.78 is 12.0. The molecule has 0 unspecified atom stereocenters. The molecule has 0 radical (unpaired) electrons. The van der Waals surface area contributed by atoms with Crippen LogP contribution in [0.15, 0.2) is 33.9 Å². The molecular weight excluding hydrogens is 432 g/mol. The Kier molecular flexibility index (Phi) is 5.19. The summed E-state index contributed by atoms with van der Waals surface area (Å²) in [7, 11) is 1.66. The van der Waals surface area contributed by atoms with Crippen LogP contribution >= 0.6 is 11.6 Å². The van der Waals surface area contributed by atoms with Gasteiger partial charge in [0.2, 0.25) is 5.78 Å². The van der Waals surface area contributed by atoms with E-state index < -0.39 is 0 Å². The Morgan fingerprint density at radius 2 is 1.84 bits per heavy atom. The van der Waals surface area contributed by atoms with E-state index in [1.165, 1.54) is 9.13 Å². The topological polar surface area (TPSA) is 78.7 Å². The van der Waals surface area contributed by atoms with Gasteiger partial charge in [-0.15, -0.1) is 0 Å². The zero-order chi connectivity index (χ0) is 22.6. The van der Waals surface area contributed by atoms with E-state index in [0.717, 1.165) is 30.2 Å². The van der Waals surface area contributed by atoms with Crippen LogP contribution in [0.1, 0.15) is 11.4 Å². The highest BCUT2D eigenvalue weighted by Crippen LogP contribution is 2.25. The molecular formula is C22H25ClN6O3. The fraction of sp³-hybridized carbons (Fsp3) is 0.409. The number of hydrogen-bond acceptors (Lipinski definition) is 5. The lowest BCUT2D eigenvalue weighted by atomic mass is 10.3. The number of hydrogen-bond donors (Lipinski definition) is 0. The number of nitrogens with zero attached hydrogens (tertiary/aromatic N) is 6. The molecule has 1 saturated heterocycles. The van der Waals surface area contributed by atoms with Crippen molar-refractivity contribution in [2.24, 2.45) is 7.05 Å². The first-order valence-corrected chi connectivity index (χ1v) is 11.0. The third-order valence-electron chi connectivity index (χ3n) is 6.33. The highest BCUT2D eigenvalue weighted by atomic mass is 35.5. The number of ether oxygens (including phenoxy) is 1. The number of fused-ring (bicyclic) bond motifs is 3. The summed E-state index contributed by atoms with van der Waals surface area (Å²) in [5, 5.41) is 0.611. The Morgan fingerprint density at radius 1 is 1.09 bits per heavy atom. The molecule has 0 N–H and O–H groups in total. The normalized spacial score (nSPS) is 15.2. The van der Waals surface area contributed by atoms with Crippen molar-refractivity contribution in [3.8, 4) is 5.69 Å². The molecule has 1 aliphatic heterocycles. The van der Waals surface area contributed by atoms with Crippen molar-refractivity contribution < 1.29 is 4.74 Å². The van der Waals surface area contributed by atoms with Crippen LogP contribution in [0.25, 0.3) is 22.6 Å². The van der Waals surface area contributed by atoms with Gasteiger partial charge in [-0.05, 0) is 32.0 Å². The monoisotopic (exact) mass is 456 g/mol. The summed E-state index contributed by atoms with van der Waals surface area (Å²) in [6.45, 7) is 7.82. The number of benzene rings is 1. The number of halogens is 1. The highest BCUT2D eigenvalue weighted by Gasteiger charge is 2.23. The van der Waals surface area contributed by atoms with Gasteiger partial charge in [-0.3, -0.25) is 27.8 Å². The van der Waals surface area contributed by atoms with Crippen LogP contribution in [0.4, 0.5) is 0 Å². The Morgan fingerprint density at radius 3 is 2.56 bits per heavy atom. The van der Waals surface area contributed by atoms with E-state index in [1.807, 2.05) is 47.1 Å². The minimum absolute atomic E-state index is 0.321. The predicted molar refractivity (Wildman–Crippen MR) is 123 cm³/mol. The lowest BCUT2D eigenvalue weighted by Gasteiger charge is -2.26. The molecule has 1 aliphatic rings. The van der Waals surface area contributed by atoms with Crippen LogP contribution in [0.2, 0.25) is 5.02 Å². The molecule has 0 atom stereocenters. The molecule has 1 aromatic carbocycles. The molecule has 1 fully saturated rings. The number of rotatable bonds is 4. The first-order chi connectivity index (χ1) is 15.4. The van der Waals surface area contributed by atoms with E-state index in [0.29, 0.717) is 48.3 Å². The summed E-state index contributed by atoms with van der Waals surface area (Å²) in [5.74, 6) is 0.579. The van der Waals surface area contributed by atoms with Crippen molar-refractivity contribution in [1.29, 1.82) is 0 Å². The third kappa shape index (κ3) is 3.19. The van der Waals surface area contributed by atoms with Gasteiger partial charge in [0.05, 0.1) is 18.9 Å². The van der Waals surface area contributed by atoms with Crippen molar-refractivity contribution in [2.45, 2.75) is 20.4 Å². The van der Waals surface area contributed by atoms with Gasteiger partial charge in [-0.2, -0.15) is 4.98 Å². The fourth-order valence-corrected chi connectivity index (χ4v) is 4.62. The summed E-state index contributed by atoms with van der Waals surface area (Å²) >= 11 is 6.22. The van der Waals surface area contributed by atoms with Crippen LogP contribution in [0.3, 0.4) is 0 Å². The predicted octanol–water partition coefficient (Wildman–Crippen LogP) is 1.74. The first kappa shape index (κ1) is 21.0. The van der Waals surface area contributed by atoms with Gasteiger partial charge in [-0.25, -0.2) is 4.79 Å². The minimum Gasteiger partial charge on any atom is -0.379 e. The average Bonchev–Trinajstić information content (AvgIpc) is 3.28. The van der Waals surface area contributed by atoms with Gasteiger partial charge < -0.3 is 4.74 Å². The number of imidazole rings is 2. The molecule has 0 spiro atoms. The van der Waals surface area contributed by atoms with E-state index in [2.05, 4.69) is 4.90 Å². The summed E-state index contributed by atoms with van der Waals surface area (Å²) in [6, 6.07) is 7.48. The molecule has 0 bridgehead atoms. The van der Waals surface area contributed by atoms with Crippen molar-refractivity contribution in [3.05, 3.63) is 61.5 Å². The van der Waals surface area contributed by atoms with Gasteiger partial charge in [0.1, 0.15) is 0 Å². The Hall–Kier alpha value is -2.88. The molecule has 10 heteroatoms. The zero-order valence-corrected chi connectivity index (χ0v) is 19.1. The number of aryl methyl sites for hydroxylation is 2. The molecule has 32 heavy (non-hydrogen) atoms. The molecule has 0 aliphatic carbocycles. The second kappa shape index (κ2) is 7.91. The zero-order valence-electron chi connectivity index (χ0n) is 18.3. The van der Waals surface area contributed by atoms with Crippen LogP contribution in [0.5, 0.6) is 0 Å². The van der Waals surface area contributed by atoms with Crippen LogP contribution in [0, 0.1) is 13.8 Å². The Balaban J connectivity index is 1.71. The van der Waals surface area contributed by atoms with Crippen molar-refractivity contribution in [2.75, 3.05) is 32.8 Å². The summed E-state index contributed by atoms with van der Waals surface area (Å²) in [4.78, 5) is 33.5. The second-order valence-corrected chi connectivity index (χ2v) is 8.59. The maximum Gasteiger partial charge on any atom is 0.332 e. The molecule has 4 heterocycles. The Bertz CT molecular complexity index is 1450. The third-order valence-corrected chi connectivity index (χ3v) is 6.56. The van der Waals surface area contributed by atoms with Crippen LogP contribution in [-0.2, 0) is 18.3 Å². The maximum atomic E-state index is 13.5. The average molecular weight is 457 g/mol. The van der Waals surface area contributed by atoms with E-state index >= 15 is 0 Å². The second-order valence-electron chi connectivity index (χ2n) is 8.16. The Labute approximate surface area is 189 Å². The molecule has 9 nitrogen and oxygen atoms in total. The molecule has 0 amide bonds. The fourth-order valence-electron chi connectivity index (χ4n) is 4.44. The standard InChI is InChI=1S/C22H25ClN6O3/c1-14-15(2)29-18-19(24-21(29)28(14)17-6-4-5-16(23)13-17)25(3)22(31)27(20(18)30)8-7-26-9-11-32-12-10-26/h4-6,13H,7-12H2,1-3H3. The van der Waals surface area contributed by atoms with Gasteiger partial charge in [0, 0.05) is 49.6 Å².